The van der Waals surface area contributed by atoms with Crippen LogP contribution in [0.3, 0.4) is 0 Å². The predicted octanol–water partition coefficient (Wildman–Crippen LogP) is 3.13. The van der Waals surface area contributed by atoms with Gasteiger partial charge in [0, 0.05) is 17.9 Å². The molecule has 1 N–H and O–H groups in total. The predicted molar refractivity (Wildman–Crippen MR) is 76.6 cm³/mol. The number of halogens is 4. The molecule has 2 atom stereocenters. The number of ether oxygens (including phenoxy) is 1. The van der Waals surface area contributed by atoms with Gasteiger partial charge in [0.2, 0.25) is 0 Å². The molecule has 1 amide bonds. The Morgan fingerprint density at radius 2 is 2.00 bits per heavy atom. The summed E-state index contributed by atoms with van der Waals surface area (Å²) in [5.41, 5.74) is 0.950. The van der Waals surface area contributed by atoms with E-state index in [0.717, 1.165) is 5.69 Å². The van der Waals surface area contributed by atoms with Gasteiger partial charge in [0.1, 0.15) is 4.95 Å². The molecule has 0 aliphatic carbocycles. The minimum absolute atomic E-state index is 0.00400. The molecule has 1 aromatic rings. The van der Waals surface area contributed by atoms with Crippen molar-refractivity contribution in [2.24, 2.45) is 0 Å². The van der Waals surface area contributed by atoms with Gasteiger partial charge in [0.25, 0.3) is 0 Å². The number of hydrogen-bond donors (Lipinski definition) is 1. The zero-order chi connectivity index (χ0) is 15.6. The van der Waals surface area contributed by atoms with Crippen LogP contribution < -0.4 is 10.2 Å². The molecule has 0 radical (unpaired) electrons. The molecular formula is C13H14BrF3N2O2. The van der Waals surface area contributed by atoms with Crippen molar-refractivity contribution in [3.05, 3.63) is 24.3 Å². The summed E-state index contributed by atoms with van der Waals surface area (Å²) in [5.74, 6) is -1.98. The van der Waals surface area contributed by atoms with Crippen LogP contribution in [0.15, 0.2) is 24.3 Å². The third kappa shape index (κ3) is 4.10. The summed E-state index contributed by atoms with van der Waals surface area (Å²) in [6.07, 6.45) is -4.82. The average Bonchev–Trinajstić information content (AvgIpc) is 2.41. The van der Waals surface area contributed by atoms with Gasteiger partial charge in [-0.05, 0) is 31.2 Å². The second-order valence-corrected chi connectivity index (χ2v) is 5.79. The highest BCUT2D eigenvalue weighted by Gasteiger charge is 2.38. The number of morpholine rings is 1. The first-order valence-corrected chi connectivity index (χ1v) is 7.19. The number of anilines is 2. The van der Waals surface area contributed by atoms with Crippen LogP contribution >= 0.6 is 15.9 Å². The lowest BCUT2D eigenvalue weighted by Gasteiger charge is -2.37. The number of hydrogen-bond acceptors (Lipinski definition) is 3. The summed E-state index contributed by atoms with van der Waals surface area (Å²) >= 11 is 3.49. The first-order chi connectivity index (χ1) is 9.77. The monoisotopic (exact) mass is 366 g/mol. The molecule has 2 unspecified atom stereocenters. The van der Waals surface area contributed by atoms with Crippen LogP contribution in [0.4, 0.5) is 24.5 Å². The molecule has 0 spiro atoms. The Hall–Kier alpha value is -1.28. The topological polar surface area (TPSA) is 41.6 Å². The van der Waals surface area contributed by atoms with Crippen molar-refractivity contribution >= 4 is 33.2 Å². The molecule has 1 heterocycles. The van der Waals surface area contributed by atoms with E-state index in [9.17, 15) is 18.0 Å². The molecule has 1 saturated heterocycles. The lowest BCUT2D eigenvalue weighted by Crippen LogP contribution is -2.45. The molecule has 1 aliphatic rings. The molecular weight excluding hydrogens is 353 g/mol. The molecule has 1 aromatic carbocycles. The third-order valence-corrected chi connectivity index (χ3v) is 3.78. The molecule has 4 nitrogen and oxygen atoms in total. The van der Waals surface area contributed by atoms with Crippen LogP contribution in [0.1, 0.15) is 6.92 Å². The number of benzene rings is 1. The number of carbonyl (C=O) groups is 1. The standard InChI is InChI=1S/C13H14BrF3N2O2/c1-8-6-19(11(14)7-21-8)10-4-2-9(3-5-10)18-12(20)13(15,16)17/h2-5,8,11H,6-7H2,1H3,(H,18,20). The average molecular weight is 367 g/mol. The fourth-order valence-electron chi connectivity index (χ4n) is 1.98. The molecule has 1 fully saturated rings. The van der Waals surface area contributed by atoms with Crippen molar-refractivity contribution in [1.29, 1.82) is 0 Å². The molecule has 2 rings (SSSR count). The van der Waals surface area contributed by atoms with Crippen molar-refractivity contribution in [2.75, 3.05) is 23.4 Å². The van der Waals surface area contributed by atoms with Crippen LogP contribution in [0.5, 0.6) is 0 Å². The smallest absolute Gasteiger partial charge is 0.374 e. The van der Waals surface area contributed by atoms with Crippen molar-refractivity contribution in [2.45, 2.75) is 24.2 Å². The van der Waals surface area contributed by atoms with Crippen LogP contribution in [-0.2, 0) is 9.53 Å². The number of alkyl halides is 4. The number of rotatable bonds is 2. The summed E-state index contributed by atoms with van der Waals surface area (Å²) in [7, 11) is 0. The lowest BCUT2D eigenvalue weighted by atomic mass is 10.2. The van der Waals surface area contributed by atoms with E-state index in [4.69, 9.17) is 4.74 Å². The third-order valence-electron chi connectivity index (χ3n) is 3.02. The maximum Gasteiger partial charge on any atom is 0.471 e. The zero-order valence-corrected chi connectivity index (χ0v) is 12.7. The Morgan fingerprint density at radius 3 is 2.57 bits per heavy atom. The van der Waals surface area contributed by atoms with E-state index >= 15 is 0 Å². The van der Waals surface area contributed by atoms with E-state index < -0.39 is 12.1 Å². The Balaban J connectivity index is 2.06. The molecule has 0 aromatic heterocycles. The molecule has 116 valence electrons. The Kier molecular flexibility index (Phi) is 4.77. The van der Waals surface area contributed by atoms with E-state index in [1.54, 1.807) is 12.1 Å². The fraction of sp³-hybridized carbons (Fsp3) is 0.462. The van der Waals surface area contributed by atoms with Gasteiger partial charge in [-0.2, -0.15) is 13.2 Å². The van der Waals surface area contributed by atoms with Gasteiger partial charge in [0.05, 0.1) is 12.7 Å². The molecule has 8 heteroatoms. The number of nitrogens with one attached hydrogen (secondary N) is 1. The van der Waals surface area contributed by atoms with Gasteiger partial charge in [0.15, 0.2) is 0 Å². The van der Waals surface area contributed by atoms with Gasteiger partial charge in [-0.1, -0.05) is 15.9 Å². The zero-order valence-electron chi connectivity index (χ0n) is 11.2. The first kappa shape index (κ1) is 16.1. The van der Waals surface area contributed by atoms with Crippen molar-refractivity contribution in [3.8, 4) is 0 Å². The SMILES string of the molecule is CC1CN(c2ccc(NC(=O)C(F)(F)F)cc2)C(Br)CO1. The summed E-state index contributed by atoms with van der Waals surface area (Å²) in [6, 6.07) is 6.22. The van der Waals surface area contributed by atoms with E-state index in [0.29, 0.717) is 13.2 Å². The summed E-state index contributed by atoms with van der Waals surface area (Å²) in [5, 5.41) is 1.81. The van der Waals surface area contributed by atoms with Gasteiger partial charge in [-0.15, -0.1) is 0 Å². The summed E-state index contributed by atoms with van der Waals surface area (Å²) < 4.78 is 42.0. The van der Waals surface area contributed by atoms with E-state index in [1.807, 2.05) is 17.1 Å². The van der Waals surface area contributed by atoms with E-state index in [2.05, 4.69) is 15.9 Å². The number of carbonyl (C=O) groups excluding carboxylic acids is 1. The number of amides is 1. The van der Waals surface area contributed by atoms with Gasteiger partial charge in [-0.25, -0.2) is 0 Å². The highest BCUT2D eigenvalue weighted by atomic mass is 79.9. The maximum atomic E-state index is 12.2. The van der Waals surface area contributed by atoms with Gasteiger partial charge >= 0.3 is 12.1 Å². The molecule has 1 aliphatic heterocycles. The lowest BCUT2D eigenvalue weighted by molar-refractivity contribution is -0.167. The molecule has 0 bridgehead atoms. The Bertz CT molecular complexity index is 507. The van der Waals surface area contributed by atoms with E-state index in [-0.39, 0.29) is 16.7 Å². The summed E-state index contributed by atoms with van der Waals surface area (Å²) in [4.78, 5) is 12.9. The minimum atomic E-state index is -4.89. The highest BCUT2D eigenvalue weighted by molar-refractivity contribution is 9.09. The molecule has 0 saturated carbocycles. The van der Waals surface area contributed by atoms with Crippen molar-refractivity contribution in [1.82, 2.24) is 0 Å². The highest BCUT2D eigenvalue weighted by Crippen LogP contribution is 2.26. The minimum Gasteiger partial charge on any atom is -0.374 e. The second-order valence-electron chi connectivity index (χ2n) is 4.73. The maximum absolute atomic E-state index is 12.2. The second kappa shape index (κ2) is 6.23. The van der Waals surface area contributed by atoms with Gasteiger partial charge in [-0.3, -0.25) is 4.79 Å². The number of nitrogens with zero attached hydrogens (tertiary/aromatic N) is 1. The summed E-state index contributed by atoms with van der Waals surface area (Å²) in [6.45, 7) is 3.14. The Labute approximate surface area is 128 Å². The van der Waals surface area contributed by atoms with Crippen LogP contribution in [0.25, 0.3) is 0 Å². The van der Waals surface area contributed by atoms with Gasteiger partial charge < -0.3 is 15.0 Å². The normalized spacial score (nSPS) is 23.0. The van der Waals surface area contributed by atoms with Crippen molar-refractivity contribution in [3.63, 3.8) is 0 Å². The van der Waals surface area contributed by atoms with Crippen molar-refractivity contribution < 1.29 is 22.7 Å². The Morgan fingerprint density at radius 1 is 1.38 bits per heavy atom. The van der Waals surface area contributed by atoms with Crippen LogP contribution in [0, 0.1) is 0 Å². The quantitative estimate of drug-likeness (QED) is 0.645. The van der Waals surface area contributed by atoms with Crippen LogP contribution in [-0.4, -0.2) is 36.3 Å². The fourth-order valence-corrected chi connectivity index (χ4v) is 2.54. The van der Waals surface area contributed by atoms with Crippen LogP contribution in [0.2, 0.25) is 0 Å². The van der Waals surface area contributed by atoms with E-state index in [1.165, 1.54) is 12.1 Å². The largest absolute Gasteiger partial charge is 0.471 e. The molecule has 21 heavy (non-hydrogen) atoms. The first-order valence-electron chi connectivity index (χ1n) is 6.28.